The first-order valence-electron chi connectivity index (χ1n) is 6.64. The highest BCUT2D eigenvalue weighted by Crippen LogP contribution is 2.31. The van der Waals surface area contributed by atoms with E-state index in [0.29, 0.717) is 10.2 Å². The lowest BCUT2D eigenvalue weighted by molar-refractivity contribution is 0.301. The van der Waals surface area contributed by atoms with Crippen LogP contribution >= 0.6 is 15.9 Å². The number of rotatable bonds is 4. The maximum absolute atomic E-state index is 12.5. The fraction of sp³-hybridized carbons (Fsp3) is 0.571. The maximum atomic E-state index is 12.5. The van der Waals surface area contributed by atoms with Gasteiger partial charge in [0.1, 0.15) is 0 Å². The van der Waals surface area contributed by atoms with Gasteiger partial charge in [-0.25, -0.2) is 13.1 Å². The number of hydrogen-bond donors (Lipinski definition) is 1. The molecule has 0 radical (unpaired) electrons. The first kappa shape index (κ1) is 15.0. The lowest BCUT2D eigenvalue weighted by atomic mass is 9.84. The zero-order valence-electron chi connectivity index (χ0n) is 11.2. The molecule has 1 aromatic carbocycles. The molecule has 2 rings (SSSR count). The first-order valence-corrected chi connectivity index (χ1v) is 9.25. The summed E-state index contributed by atoms with van der Waals surface area (Å²) >= 11 is 3.48. The third-order valence-corrected chi connectivity index (χ3v) is 6.37. The molecule has 1 aliphatic rings. The fourth-order valence-electron chi connectivity index (χ4n) is 2.62. The Morgan fingerprint density at radius 3 is 2.53 bits per heavy atom. The van der Waals surface area contributed by atoms with Crippen LogP contribution in [0.5, 0.6) is 0 Å². The molecule has 1 saturated carbocycles. The second-order valence-electron chi connectivity index (χ2n) is 5.40. The molecule has 0 aromatic heterocycles. The Labute approximate surface area is 124 Å². The summed E-state index contributed by atoms with van der Waals surface area (Å²) < 4.78 is 27.9. The van der Waals surface area contributed by atoms with Crippen LogP contribution in [0.15, 0.2) is 29.2 Å². The Morgan fingerprint density at radius 2 is 1.95 bits per heavy atom. The molecule has 106 valence electrons. The fourth-order valence-corrected chi connectivity index (χ4v) is 5.07. The maximum Gasteiger partial charge on any atom is 0.241 e. The van der Waals surface area contributed by atoms with E-state index in [9.17, 15) is 8.42 Å². The van der Waals surface area contributed by atoms with E-state index >= 15 is 0 Å². The molecule has 1 N–H and O–H groups in total. The molecule has 1 aromatic rings. The number of benzene rings is 1. The van der Waals surface area contributed by atoms with Gasteiger partial charge >= 0.3 is 0 Å². The molecular weight excluding hydrogens is 326 g/mol. The van der Waals surface area contributed by atoms with E-state index in [1.807, 2.05) is 13.0 Å². The molecule has 5 heteroatoms. The van der Waals surface area contributed by atoms with Crippen molar-refractivity contribution in [3.05, 3.63) is 29.8 Å². The predicted molar refractivity (Wildman–Crippen MR) is 81.1 cm³/mol. The predicted octanol–water partition coefficient (Wildman–Crippen LogP) is 3.37. The smallest absolute Gasteiger partial charge is 0.207 e. The molecule has 1 fully saturated rings. The van der Waals surface area contributed by atoms with Crippen molar-refractivity contribution in [2.24, 2.45) is 0 Å². The lowest BCUT2D eigenvalue weighted by Gasteiger charge is -2.36. The van der Waals surface area contributed by atoms with E-state index in [4.69, 9.17) is 0 Å². The number of halogens is 1. The van der Waals surface area contributed by atoms with Crippen LogP contribution in [-0.2, 0) is 10.0 Å². The summed E-state index contributed by atoms with van der Waals surface area (Å²) in [6, 6.07) is 7.05. The summed E-state index contributed by atoms with van der Waals surface area (Å²) in [5.74, 6) is 0. The highest BCUT2D eigenvalue weighted by Gasteiger charge is 2.35. The molecule has 0 spiro atoms. The molecule has 0 saturated heterocycles. The Morgan fingerprint density at radius 1 is 1.26 bits per heavy atom. The van der Waals surface area contributed by atoms with Crippen molar-refractivity contribution in [1.82, 2.24) is 4.72 Å². The quantitative estimate of drug-likeness (QED) is 0.850. The molecule has 0 amide bonds. The largest absolute Gasteiger partial charge is 0.241 e. The molecule has 1 aliphatic carbocycles. The minimum absolute atomic E-state index is 0.319. The van der Waals surface area contributed by atoms with Crippen molar-refractivity contribution in [1.29, 1.82) is 0 Å². The van der Waals surface area contributed by atoms with Gasteiger partial charge in [-0.05, 0) is 37.5 Å². The van der Waals surface area contributed by atoms with Gasteiger partial charge in [-0.15, -0.1) is 0 Å². The number of aryl methyl sites for hydroxylation is 1. The average molecular weight is 346 g/mol. The third kappa shape index (κ3) is 3.58. The van der Waals surface area contributed by atoms with Gasteiger partial charge in [0.15, 0.2) is 0 Å². The van der Waals surface area contributed by atoms with Gasteiger partial charge in [0, 0.05) is 10.9 Å². The first-order chi connectivity index (χ1) is 8.97. The zero-order valence-corrected chi connectivity index (χ0v) is 13.6. The van der Waals surface area contributed by atoms with Crippen molar-refractivity contribution in [3.63, 3.8) is 0 Å². The van der Waals surface area contributed by atoms with E-state index in [1.165, 1.54) is 6.42 Å². The van der Waals surface area contributed by atoms with Crippen LogP contribution in [0.3, 0.4) is 0 Å². The Bertz CT molecular complexity index is 536. The van der Waals surface area contributed by atoms with Crippen LogP contribution in [-0.4, -0.2) is 19.3 Å². The van der Waals surface area contributed by atoms with Crippen LogP contribution in [0.25, 0.3) is 0 Å². The summed E-state index contributed by atoms with van der Waals surface area (Å²) in [5.41, 5.74) is 0.639. The average Bonchev–Trinajstić information content (AvgIpc) is 2.39. The normalized spacial score (nSPS) is 19.3. The van der Waals surface area contributed by atoms with Gasteiger partial charge < -0.3 is 0 Å². The summed E-state index contributed by atoms with van der Waals surface area (Å²) in [6.07, 6.45) is 5.18. The van der Waals surface area contributed by atoms with Crippen molar-refractivity contribution in [2.75, 3.05) is 5.33 Å². The zero-order chi connectivity index (χ0) is 13.9. The van der Waals surface area contributed by atoms with E-state index in [2.05, 4.69) is 20.7 Å². The molecule has 0 heterocycles. The van der Waals surface area contributed by atoms with E-state index in [1.54, 1.807) is 18.2 Å². The molecular formula is C14H20BrNO2S. The van der Waals surface area contributed by atoms with E-state index in [0.717, 1.165) is 31.2 Å². The van der Waals surface area contributed by atoms with Gasteiger partial charge in [0.05, 0.1) is 4.90 Å². The van der Waals surface area contributed by atoms with Gasteiger partial charge in [0.2, 0.25) is 10.0 Å². The third-order valence-electron chi connectivity index (χ3n) is 3.72. The van der Waals surface area contributed by atoms with E-state index < -0.39 is 10.0 Å². The lowest BCUT2D eigenvalue weighted by Crippen LogP contribution is -2.51. The van der Waals surface area contributed by atoms with Gasteiger partial charge in [-0.3, -0.25) is 0 Å². The van der Waals surface area contributed by atoms with Crippen molar-refractivity contribution < 1.29 is 8.42 Å². The molecule has 3 nitrogen and oxygen atoms in total. The number of alkyl halides is 1. The highest BCUT2D eigenvalue weighted by atomic mass is 79.9. The van der Waals surface area contributed by atoms with Crippen LogP contribution in [0.1, 0.15) is 37.7 Å². The van der Waals surface area contributed by atoms with Crippen molar-refractivity contribution in [3.8, 4) is 0 Å². The Balaban J connectivity index is 2.25. The summed E-state index contributed by atoms with van der Waals surface area (Å²) in [4.78, 5) is 0.360. The van der Waals surface area contributed by atoms with Crippen LogP contribution in [0.4, 0.5) is 0 Å². The Kier molecular flexibility index (Phi) is 4.69. The minimum Gasteiger partial charge on any atom is -0.207 e. The molecule has 0 unspecified atom stereocenters. The van der Waals surface area contributed by atoms with Gasteiger partial charge in [-0.1, -0.05) is 47.3 Å². The number of sulfonamides is 1. The molecule has 19 heavy (non-hydrogen) atoms. The van der Waals surface area contributed by atoms with Crippen molar-refractivity contribution in [2.45, 2.75) is 49.5 Å². The Hall–Kier alpha value is -0.390. The molecule has 0 bridgehead atoms. The SMILES string of the molecule is Cc1cccc(S(=O)(=O)NC2(CBr)CCCCC2)c1. The summed E-state index contributed by atoms with van der Waals surface area (Å²) in [5, 5.41) is 0.672. The number of hydrogen-bond acceptors (Lipinski definition) is 2. The van der Waals surface area contributed by atoms with Gasteiger partial charge in [0.25, 0.3) is 0 Å². The summed E-state index contributed by atoms with van der Waals surface area (Å²) in [7, 11) is -3.43. The second kappa shape index (κ2) is 5.94. The second-order valence-corrected chi connectivity index (χ2v) is 7.64. The van der Waals surface area contributed by atoms with Crippen LogP contribution < -0.4 is 4.72 Å². The van der Waals surface area contributed by atoms with Crippen molar-refractivity contribution >= 4 is 26.0 Å². The van der Waals surface area contributed by atoms with Crippen LogP contribution in [0.2, 0.25) is 0 Å². The van der Waals surface area contributed by atoms with Gasteiger partial charge in [-0.2, -0.15) is 0 Å². The van der Waals surface area contributed by atoms with E-state index in [-0.39, 0.29) is 5.54 Å². The molecule has 0 atom stereocenters. The highest BCUT2D eigenvalue weighted by molar-refractivity contribution is 9.09. The topological polar surface area (TPSA) is 46.2 Å². The van der Waals surface area contributed by atoms with Crippen LogP contribution in [0, 0.1) is 6.92 Å². The minimum atomic E-state index is -3.43. The number of nitrogens with one attached hydrogen (secondary N) is 1. The standard InChI is InChI=1S/C14H20BrNO2S/c1-12-6-5-7-13(10-12)19(17,18)16-14(11-15)8-3-2-4-9-14/h5-7,10,16H,2-4,8-9,11H2,1H3. The summed E-state index contributed by atoms with van der Waals surface area (Å²) in [6.45, 7) is 1.90. The molecule has 0 aliphatic heterocycles. The monoisotopic (exact) mass is 345 g/mol.